The molecule has 0 radical (unpaired) electrons. The second-order valence-corrected chi connectivity index (χ2v) is 4.42. The molecule has 2 aromatic heterocycles. The first-order valence-corrected chi connectivity index (χ1v) is 5.63. The highest BCUT2D eigenvalue weighted by molar-refractivity contribution is 7.98. The topological polar surface area (TPSA) is 25.8 Å². The summed E-state index contributed by atoms with van der Waals surface area (Å²) in [6.45, 7) is 0. The first kappa shape index (κ1) is 8.72. The second kappa shape index (κ2) is 4.39. The van der Waals surface area contributed by atoms with E-state index in [9.17, 15) is 0 Å². The van der Waals surface area contributed by atoms with E-state index in [2.05, 4.69) is 15.4 Å². The van der Waals surface area contributed by atoms with E-state index in [1.165, 1.54) is 9.77 Å². The standard InChI is InChI=1S/C9H8N2S2/c1-4-10-5-2-8(1)12-7-9-3-6-11-13-9/h1-6H,7H2. The minimum atomic E-state index is 0.995. The fraction of sp³-hybridized carbons (Fsp3) is 0.111. The fourth-order valence-electron chi connectivity index (χ4n) is 0.906. The third-order valence-corrected chi connectivity index (χ3v) is 3.51. The maximum absolute atomic E-state index is 4.05. The second-order valence-electron chi connectivity index (χ2n) is 2.45. The molecule has 0 saturated carbocycles. The van der Waals surface area contributed by atoms with Crippen molar-refractivity contribution in [2.24, 2.45) is 0 Å². The van der Waals surface area contributed by atoms with Gasteiger partial charge in [-0.1, -0.05) is 0 Å². The zero-order valence-electron chi connectivity index (χ0n) is 6.88. The monoisotopic (exact) mass is 208 g/mol. The number of rotatable bonds is 3. The van der Waals surface area contributed by atoms with E-state index in [0.29, 0.717) is 0 Å². The molecular formula is C9H8N2S2. The van der Waals surface area contributed by atoms with E-state index in [-0.39, 0.29) is 0 Å². The Morgan fingerprint density at radius 1 is 1.15 bits per heavy atom. The van der Waals surface area contributed by atoms with Crippen LogP contribution < -0.4 is 0 Å². The Labute approximate surface area is 85.2 Å². The highest BCUT2D eigenvalue weighted by Crippen LogP contribution is 2.22. The van der Waals surface area contributed by atoms with Gasteiger partial charge in [0, 0.05) is 34.1 Å². The molecule has 4 heteroatoms. The molecule has 0 aromatic carbocycles. The molecule has 0 aliphatic carbocycles. The minimum Gasteiger partial charge on any atom is -0.265 e. The van der Waals surface area contributed by atoms with Gasteiger partial charge in [-0.15, -0.1) is 11.8 Å². The molecule has 0 aliphatic rings. The molecule has 2 nitrogen and oxygen atoms in total. The van der Waals surface area contributed by atoms with Gasteiger partial charge >= 0.3 is 0 Å². The van der Waals surface area contributed by atoms with Gasteiger partial charge in [-0.25, -0.2) is 4.37 Å². The lowest BCUT2D eigenvalue weighted by Gasteiger charge is -1.96. The van der Waals surface area contributed by atoms with Gasteiger partial charge in [0.15, 0.2) is 0 Å². The Balaban J connectivity index is 1.94. The van der Waals surface area contributed by atoms with Crippen molar-refractivity contribution in [2.75, 3.05) is 0 Å². The Kier molecular flexibility index (Phi) is 2.94. The number of hydrogen-bond acceptors (Lipinski definition) is 4. The summed E-state index contributed by atoms with van der Waals surface area (Å²) in [6.07, 6.45) is 5.47. The van der Waals surface area contributed by atoms with Crippen LogP contribution in [0, 0.1) is 0 Å². The number of aromatic nitrogens is 2. The molecule has 13 heavy (non-hydrogen) atoms. The van der Waals surface area contributed by atoms with Crippen molar-refractivity contribution in [3.8, 4) is 0 Å². The van der Waals surface area contributed by atoms with Gasteiger partial charge in [0.2, 0.25) is 0 Å². The van der Waals surface area contributed by atoms with Crippen LogP contribution in [0.4, 0.5) is 0 Å². The predicted molar refractivity (Wildman–Crippen MR) is 55.9 cm³/mol. The highest BCUT2D eigenvalue weighted by Gasteiger charge is 1.96. The van der Waals surface area contributed by atoms with Crippen molar-refractivity contribution < 1.29 is 0 Å². The molecule has 2 heterocycles. The van der Waals surface area contributed by atoms with Crippen LogP contribution in [0.2, 0.25) is 0 Å². The van der Waals surface area contributed by atoms with E-state index in [4.69, 9.17) is 0 Å². The van der Waals surface area contributed by atoms with Crippen LogP contribution >= 0.6 is 23.3 Å². The van der Waals surface area contributed by atoms with Gasteiger partial charge in [-0.2, -0.15) is 0 Å². The Bertz CT molecular complexity index is 345. The van der Waals surface area contributed by atoms with Crippen LogP contribution in [0.5, 0.6) is 0 Å². The smallest absolute Gasteiger partial charge is 0.0410 e. The van der Waals surface area contributed by atoms with E-state index in [1.54, 1.807) is 11.5 Å². The summed E-state index contributed by atoms with van der Waals surface area (Å²) in [5.41, 5.74) is 0. The summed E-state index contributed by atoms with van der Waals surface area (Å²) in [4.78, 5) is 6.53. The van der Waals surface area contributed by atoms with Crippen molar-refractivity contribution in [2.45, 2.75) is 10.6 Å². The molecular weight excluding hydrogens is 200 g/mol. The van der Waals surface area contributed by atoms with Crippen molar-refractivity contribution in [1.29, 1.82) is 0 Å². The molecule has 0 atom stereocenters. The molecule has 0 spiro atoms. The molecule has 0 bridgehead atoms. The Hall–Kier alpha value is -0.870. The number of nitrogens with zero attached hydrogens (tertiary/aromatic N) is 2. The number of pyridine rings is 1. The first-order chi connectivity index (χ1) is 6.45. The van der Waals surface area contributed by atoms with E-state index >= 15 is 0 Å². The van der Waals surface area contributed by atoms with Crippen LogP contribution in [-0.4, -0.2) is 9.36 Å². The van der Waals surface area contributed by atoms with Gasteiger partial charge < -0.3 is 0 Å². The highest BCUT2D eigenvalue weighted by atomic mass is 32.2. The number of hydrogen-bond donors (Lipinski definition) is 0. The number of thioether (sulfide) groups is 1. The molecule has 0 unspecified atom stereocenters. The van der Waals surface area contributed by atoms with Crippen molar-refractivity contribution in [3.63, 3.8) is 0 Å². The third kappa shape index (κ3) is 2.54. The molecule has 0 aliphatic heterocycles. The van der Waals surface area contributed by atoms with Gasteiger partial charge in [0.25, 0.3) is 0 Å². The summed E-state index contributed by atoms with van der Waals surface area (Å²) in [5.74, 6) is 0.995. The molecule has 2 aromatic rings. The van der Waals surface area contributed by atoms with Gasteiger partial charge in [0.05, 0.1) is 0 Å². The van der Waals surface area contributed by atoms with Crippen LogP contribution in [0.15, 0.2) is 41.7 Å². The van der Waals surface area contributed by atoms with Gasteiger partial charge in [-0.05, 0) is 29.7 Å². The molecule has 0 N–H and O–H groups in total. The average molecular weight is 208 g/mol. The third-order valence-electron chi connectivity index (χ3n) is 1.52. The summed E-state index contributed by atoms with van der Waals surface area (Å²) in [7, 11) is 0. The Morgan fingerprint density at radius 3 is 2.69 bits per heavy atom. The van der Waals surface area contributed by atoms with Gasteiger partial charge in [-0.3, -0.25) is 4.98 Å². The molecule has 66 valence electrons. The summed E-state index contributed by atoms with van der Waals surface area (Å²) < 4.78 is 4.05. The summed E-state index contributed by atoms with van der Waals surface area (Å²) >= 11 is 3.36. The molecule has 0 saturated heterocycles. The van der Waals surface area contributed by atoms with Crippen molar-refractivity contribution >= 4 is 23.3 Å². The zero-order valence-corrected chi connectivity index (χ0v) is 8.52. The van der Waals surface area contributed by atoms with E-state index < -0.39 is 0 Å². The van der Waals surface area contributed by atoms with E-state index in [1.807, 2.05) is 42.5 Å². The van der Waals surface area contributed by atoms with Crippen LogP contribution in [0.25, 0.3) is 0 Å². The van der Waals surface area contributed by atoms with Gasteiger partial charge in [0.1, 0.15) is 0 Å². The Morgan fingerprint density at radius 2 is 2.00 bits per heavy atom. The lowest BCUT2D eigenvalue weighted by molar-refractivity contribution is 1.26. The van der Waals surface area contributed by atoms with Crippen molar-refractivity contribution in [3.05, 3.63) is 41.7 Å². The van der Waals surface area contributed by atoms with Crippen molar-refractivity contribution in [1.82, 2.24) is 9.36 Å². The minimum absolute atomic E-state index is 0.995. The summed E-state index contributed by atoms with van der Waals surface area (Å²) in [6, 6.07) is 6.09. The molecule has 0 amide bonds. The molecule has 2 rings (SSSR count). The van der Waals surface area contributed by atoms with Crippen LogP contribution in [-0.2, 0) is 5.75 Å². The SMILES string of the molecule is c1cc(SCc2ccns2)ccn1. The fourth-order valence-corrected chi connectivity index (χ4v) is 2.39. The van der Waals surface area contributed by atoms with Crippen LogP contribution in [0.3, 0.4) is 0 Å². The first-order valence-electron chi connectivity index (χ1n) is 3.87. The summed E-state index contributed by atoms with van der Waals surface area (Å²) in [5, 5.41) is 0. The maximum atomic E-state index is 4.05. The largest absolute Gasteiger partial charge is 0.265 e. The molecule has 0 fully saturated rings. The van der Waals surface area contributed by atoms with Crippen LogP contribution in [0.1, 0.15) is 4.88 Å². The lowest BCUT2D eigenvalue weighted by atomic mass is 10.5. The average Bonchev–Trinajstić information content (AvgIpc) is 2.69. The zero-order chi connectivity index (χ0) is 8.93. The lowest BCUT2D eigenvalue weighted by Crippen LogP contribution is -1.75. The quantitative estimate of drug-likeness (QED) is 0.725. The predicted octanol–water partition coefficient (Wildman–Crippen LogP) is 2.83. The normalized spacial score (nSPS) is 10.2. The maximum Gasteiger partial charge on any atom is 0.0410 e. The van der Waals surface area contributed by atoms with E-state index in [0.717, 1.165) is 5.75 Å².